The molecule has 0 aromatic carbocycles. The van der Waals surface area contributed by atoms with Crippen LogP contribution in [0.1, 0.15) is 27.0 Å². The number of hydrogen-bond acceptors (Lipinski definition) is 9. The molecular weight excluding hydrogens is 396 g/mol. The van der Waals surface area contributed by atoms with E-state index in [2.05, 4.69) is 25.0 Å². The van der Waals surface area contributed by atoms with Crippen LogP contribution in [0.15, 0.2) is 17.6 Å². The van der Waals surface area contributed by atoms with Crippen molar-refractivity contribution in [3.63, 3.8) is 0 Å². The summed E-state index contributed by atoms with van der Waals surface area (Å²) < 4.78 is 13.7. The van der Waals surface area contributed by atoms with Crippen molar-refractivity contribution in [1.82, 2.24) is 19.5 Å². The molecule has 0 unspecified atom stereocenters. The summed E-state index contributed by atoms with van der Waals surface area (Å²) in [5.74, 6) is 0.0317. The van der Waals surface area contributed by atoms with E-state index in [1.807, 2.05) is 33.9 Å². The van der Waals surface area contributed by atoms with E-state index in [0.29, 0.717) is 11.2 Å². The highest BCUT2D eigenvalue weighted by molar-refractivity contribution is 6.74. The summed E-state index contributed by atoms with van der Waals surface area (Å²) >= 11 is 0. The molecule has 3 heterocycles. The van der Waals surface area contributed by atoms with Gasteiger partial charge < -0.3 is 25.1 Å². The van der Waals surface area contributed by atoms with Gasteiger partial charge in [0.05, 0.1) is 19.1 Å². The number of azide groups is 1. The lowest BCUT2D eigenvalue weighted by Gasteiger charge is -2.41. The maximum absolute atomic E-state index is 11.1. The van der Waals surface area contributed by atoms with Crippen LogP contribution in [0.25, 0.3) is 21.6 Å². The van der Waals surface area contributed by atoms with E-state index in [1.54, 1.807) is 0 Å². The van der Waals surface area contributed by atoms with Gasteiger partial charge in [0.2, 0.25) is 5.95 Å². The number of aliphatic hydroxyl groups is 2. The summed E-state index contributed by atoms with van der Waals surface area (Å²) in [4.78, 5) is 15.1. The van der Waals surface area contributed by atoms with Crippen LogP contribution < -0.4 is 5.73 Å². The summed E-state index contributed by atoms with van der Waals surface area (Å²) in [5, 5.41) is 24.7. The normalized spacial score (nSPS) is 27.9. The Bertz CT molecular complexity index is 954. The summed E-state index contributed by atoms with van der Waals surface area (Å²) in [6, 6.07) is 0. The van der Waals surface area contributed by atoms with Gasteiger partial charge in [-0.3, -0.25) is 4.57 Å². The number of hydrogen-bond donors (Lipinski definition) is 3. The Hall–Kier alpha value is -2.28. The highest BCUT2D eigenvalue weighted by Crippen LogP contribution is 2.45. The zero-order valence-corrected chi connectivity index (χ0v) is 18.0. The molecule has 13 heteroatoms. The predicted octanol–water partition coefficient (Wildman–Crippen LogP) is 1.69. The molecule has 0 radical (unpaired) electrons. The minimum atomic E-state index is -2.43. The Kier molecular flexibility index (Phi) is 5.32. The SMILES string of the molecule is CC(C)(C)[Si](C)(C)O[C@H]1[C@@H](O)[C@H](n2cnc3cnc(N)nc32)O[C@@]1(CO)N=[N+]=[N-]. The molecule has 1 aliphatic heterocycles. The van der Waals surface area contributed by atoms with Gasteiger partial charge >= 0.3 is 0 Å². The molecule has 2 aromatic rings. The van der Waals surface area contributed by atoms with Crippen molar-refractivity contribution in [3.05, 3.63) is 23.0 Å². The number of nitrogen functional groups attached to an aromatic ring is 1. The first-order valence-corrected chi connectivity index (χ1v) is 12.0. The number of nitrogens with two attached hydrogens (primary N) is 1. The van der Waals surface area contributed by atoms with Gasteiger partial charge in [-0.1, -0.05) is 25.9 Å². The summed E-state index contributed by atoms with van der Waals surface area (Å²) in [6.07, 6.45) is -0.561. The Balaban J connectivity index is 2.08. The number of fused-ring (bicyclic) bond motifs is 1. The molecular formula is C16H26N8O4Si. The zero-order valence-electron chi connectivity index (χ0n) is 17.0. The molecule has 0 bridgehead atoms. The third-order valence-electron chi connectivity index (χ3n) is 5.65. The zero-order chi connectivity index (χ0) is 21.6. The lowest BCUT2D eigenvalue weighted by molar-refractivity contribution is -0.120. The van der Waals surface area contributed by atoms with Crippen LogP contribution in [0.4, 0.5) is 5.95 Å². The number of anilines is 1. The van der Waals surface area contributed by atoms with Gasteiger partial charge in [0.15, 0.2) is 25.9 Å². The first-order valence-electron chi connectivity index (χ1n) is 9.11. The second kappa shape index (κ2) is 7.20. The second-order valence-electron chi connectivity index (χ2n) is 8.58. The van der Waals surface area contributed by atoms with Gasteiger partial charge in [-0.15, -0.1) is 0 Å². The van der Waals surface area contributed by atoms with Gasteiger partial charge in [0, 0.05) is 4.91 Å². The van der Waals surface area contributed by atoms with Crippen molar-refractivity contribution in [2.45, 2.75) is 63.1 Å². The molecule has 0 aliphatic carbocycles. The number of rotatable bonds is 5. The third kappa shape index (κ3) is 3.56. The average molecular weight is 423 g/mol. The maximum Gasteiger partial charge on any atom is 0.222 e. The van der Waals surface area contributed by atoms with Gasteiger partial charge in [-0.2, -0.15) is 4.98 Å². The quantitative estimate of drug-likeness (QED) is 0.282. The number of nitrogens with zero attached hydrogens (tertiary/aromatic N) is 7. The Morgan fingerprint density at radius 2 is 2.14 bits per heavy atom. The van der Waals surface area contributed by atoms with E-state index in [9.17, 15) is 10.2 Å². The van der Waals surface area contributed by atoms with E-state index in [1.165, 1.54) is 17.1 Å². The van der Waals surface area contributed by atoms with Crippen LogP contribution in [0, 0.1) is 0 Å². The van der Waals surface area contributed by atoms with Crippen molar-refractivity contribution < 1.29 is 19.4 Å². The molecule has 0 amide bonds. The lowest BCUT2D eigenvalue weighted by Crippen LogP contribution is -2.54. The smallest absolute Gasteiger partial charge is 0.222 e. The number of ether oxygens (including phenoxy) is 1. The summed E-state index contributed by atoms with van der Waals surface area (Å²) in [6.45, 7) is 9.42. The van der Waals surface area contributed by atoms with Crippen molar-refractivity contribution in [2.75, 3.05) is 12.3 Å². The summed E-state index contributed by atoms with van der Waals surface area (Å²) in [7, 11) is -2.43. The first-order chi connectivity index (χ1) is 13.5. The lowest BCUT2D eigenvalue weighted by atomic mass is 10.1. The molecule has 4 atom stereocenters. The fourth-order valence-electron chi connectivity index (χ4n) is 2.98. The molecule has 0 saturated carbocycles. The molecule has 12 nitrogen and oxygen atoms in total. The molecule has 4 N–H and O–H groups in total. The molecule has 1 saturated heterocycles. The Labute approximate surface area is 168 Å². The van der Waals surface area contributed by atoms with Gasteiger partial charge in [0.1, 0.15) is 17.7 Å². The van der Waals surface area contributed by atoms with E-state index in [4.69, 9.17) is 20.4 Å². The van der Waals surface area contributed by atoms with Gasteiger partial charge in [0.25, 0.3) is 0 Å². The molecule has 1 aliphatic rings. The minimum absolute atomic E-state index is 0.0317. The van der Waals surface area contributed by atoms with Crippen LogP contribution >= 0.6 is 0 Å². The maximum atomic E-state index is 11.1. The Morgan fingerprint density at radius 3 is 2.72 bits per heavy atom. The predicted molar refractivity (Wildman–Crippen MR) is 107 cm³/mol. The van der Waals surface area contributed by atoms with Crippen LogP contribution in [-0.2, 0) is 9.16 Å². The monoisotopic (exact) mass is 422 g/mol. The molecule has 158 valence electrons. The highest BCUT2D eigenvalue weighted by atomic mass is 28.4. The van der Waals surface area contributed by atoms with Crippen molar-refractivity contribution in [3.8, 4) is 0 Å². The largest absolute Gasteiger partial charge is 0.408 e. The van der Waals surface area contributed by atoms with Gasteiger partial charge in [-0.25, -0.2) is 9.97 Å². The van der Waals surface area contributed by atoms with Crippen LogP contribution in [0.5, 0.6) is 0 Å². The van der Waals surface area contributed by atoms with E-state index in [0.717, 1.165) is 0 Å². The number of aromatic nitrogens is 4. The molecule has 29 heavy (non-hydrogen) atoms. The van der Waals surface area contributed by atoms with E-state index >= 15 is 0 Å². The standard InChI is InChI=1S/C16H26N8O4Si/c1-15(2,3)29(4,5)28-11-10(26)13(27-16(11,7-25)22-23-18)24-8-20-9-6-19-14(17)21-12(9)24/h6,8,10-11,13,25-26H,7H2,1-5H3,(H2,17,19,21)/t10-,11+,13-,16-/m1/s1. The molecule has 3 rings (SSSR count). The van der Waals surface area contributed by atoms with E-state index in [-0.39, 0.29) is 11.0 Å². The molecule has 1 fully saturated rings. The van der Waals surface area contributed by atoms with Crippen molar-refractivity contribution in [1.29, 1.82) is 0 Å². The third-order valence-corrected chi connectivity index (χ3v) is 10.1. The minimum Gasteiger partial charge on any atom is -0.408 e. The number of aliphatic hydroxyl groups excluding tert-OH is 2. The van der Waals surface area contributed by atoms with Crippen molar-refractivity contribution in [2.24, 2.45) is 5.11 Å². The molecule has 0 spiro atoms. The molecule has 2 aromatic heterocycles. The summed E-state index contributed by atoms with van der Waals surface area (Å²) in [5.41, 5.74) is 13.8. The highest BCUT2D eigenvalue weighted by Gasteiger charge is 2.58. The fraction of sp³-hybridized carbons (Fsp3) is 0.688. The number of imidazole rings is 1. The topological polar surface area (TPSA) is 177 Å². The average Bonchev–Trinajstić information content (AvgIpc) is 3.15. The van der Waals surface area contributed by atoms with Crippen LogP contribution in [0.2, 0.25) is 18.1 Å². The van der Waals surface area contributed by atoms with Crippen LogP contribution in [-0.4, -0.2) is 62.6 Å². The van der Waals surface area contributed by atoms with Crippen molar-refractivity contribution >= 4 is 25.4 Å². The second-order valence-corrected chi connectivity index (χ2v) is 13.3. The Morgan fingerprint density at radius 1 is 1.45 bits per heavy atom. The fourth-order valence-corrected chi connectivity index (χ4v) is 4.29. The van der Waals surface area contributed by atoms with Gasteiger partial charge in [-0.05, 0) is 23.7 Å². The van der Waals surface area contributed by atoms with E-state index < -0.39 is 39.1 Å². The van der Waals surface area contributed by atoms with Crippen LogP contribution in [0.3, 0.4) is 0 Å². The first kappa shape index (κ1) is 21.4.